The van der Waals surface area contributed by atoms with E-state index in [4.69, 9.17) is 0 Å². The highest BCUT2D eigenvalue weighted by molar-refractivity contribution is 5.33. The number of hydrogen-bond donors (Lipinski definition) is 2. The van der Waals surface area contributed by atoms with Crippen LogP contribution in [0, 0.1) is 0 Å². The summed E-state index contributed by atoms with van der Waals surface area (Å²) in [5.74, 6) is 1.43. The minimum absolute atomic E-state index is 0.556. The lowest BCUT2D eigenvalue weighted by atomic mass is 10.1. The standard InChI is InChI=1S/C13H23N5/c1-14-7-3-8-15-13-5-4-12(16-17-13)11-6-9-18(2)10-11/h4-5,11,14H,3,6-10H2,1-2H3,(H,15,17). The van der Waals surface area contributed by atoms with Gasteiger partial charge in [-0.25, -0.2) is 0 Å². The fraction of sp³-hybridized carbons (Fsp3) is 0.692. The largest absolute Gasteiger partial charge is 0.369 e. The van der Waals surface area contributed by atoms with E-state index in [1.807, 2.05) is 13.1 Å². The molecule has 0 saturated carbocycles. The van der Waals surface area contributed by atoms with Crippen molar-refractivity contribution in [1.82, 2.24) is 20.4 Å². The number of nitrogens with zero attached hydrogens (tertiary/aromatic N) is 3. The SMILES string of the molecule is CNCCCNc1ccc(C2CCN(C)C2)nn1. The van der Waals surface area contributed by atoms with E-state index in [1.54, 1.807) is 0 Å². The van der Waals surface area contributed by atoms with Crippen molar-refractivity contribution in [2.24, 2.45) is 0 Å². The molecule has 0 radical (unpaired) electrons. The van der Waals surface area contributed by atoms with Crippen molar-refractivity contribution in [3.63, 3.8) is 0 Å². The maximum Gasteiger partial charge on any atom is 0.148 e. The van der Waals surface area contributed by atoms with Gasteiger partial charge in [0.05, 0.1) is 5.69 Å². The molecule has 0 bridgehead atoms. The number of rotatable bonds is 6. The first-order chi connectivity index (χ1) is 8.79. The molecule has 1 fully saturated rings. The molecule has 1 unspecified atom stereocenters. The number of aromatic nitrogens is 2. The van der Waals surface area contributed by atoms with Gasteiger partial charge < -0.3 is 15.5 Å². The topological polar surface area (TPSA) is 53.1 Å². The average Bonchev–Trinajstić information content (AvgIpc) is 2.82. The molecular weight excluding hydrogens is 226 g/mol. The van der Waals surface area contributed by atoms with Crippen LogP contribution in [0.1, 0.15) is 24.5 Å². The lowest BCUT2D eigenvalue weighted by Gasteiger charge is -2.10. The van der Waals surface area contributed by atoms with E-state index >= 15 is 0 Å². The molecule has 0 aliphatic carbocycles. The monoisotopic (exact) mass is 249 g/mol. The fourth-order valence-corrected chi connectivity index (χ4v) is 2.31. The zero-order valence-electron chi connectivity index (χ0n) is 11.3. The zero-order chi connectivity index (χ0) is 12.8. The van der Waals surface area contributed by atoms with E-state index in [1.165, 1.54) is 6.42 Å². The molecule has 0 aromatic carbocycles. The van der Waals surface area contributed by atoms with E-state index in [0.29, 0.717) is 5.92 Å². The van der Waals surface area contributed by atoms with Crippen molar-refractivity contribution in [2.75, 3.05) is 45.6 Å². The summed E-state index contributed by atoms with van der Waals surface area (Å²) < 4.78 is 0. The summed E-state index contributed by atoms with van der Waals surface area (Å²) in [7, 11) is 4.12. The molecule has 0 amide bonds. The molecule has 5 nitrogen and oxygen atoms in total. The van der Waals surface area contributed by atoms with Gasteiger partial charge in [-0.2, -0.15) is 5.10 Å². The summed E-state index contributed by atoms with van der Waals surface area (Å²) in [5.41, 5.74) is 1.13. The average molecular weight is 249 g/mol. The summed E-state index contributed by atoms with van der Waals surface area (Å²) in [4.78, 5) is 2.34. The molecule has 1 aromatic rings. The van der Waals surface area contributed by atoms with Gasteiger partial charge in [0, 0.05) is 19.0 Å². The number of anilines is 1. The van der Waals surface area contributed by atoms with Gasteiger partial charge in [-0.05, 0) is 52.2 Å². The Morgan fingerprint density at radius 1 is 1.33 bits per heavy atom. The van der Waals surface area contributed by atoms with Crippen LogP contribution in [-0.2, 0) is 0 Å². The van der Waals surface area contributed by atoms with Crippen molar-refractivity contribution >= 4 is 5.82 Å². The Kier molecular flexibility index (Phi) is 4.90. The third-order valence-corrected chi connectivity index (χ3v) is 3.40. The van der Waals surface area contributed by atoms with Crippen LogP contribution < -0.4 is 10.6 Å². The summed E-state index contributed by atoms with van der Waals surface area (Å²) in [5, 5.41) is 15.0. The summed E-state index contributed by atoms with van der Waals surface area (Å²) in [6.07, 6.45) is 2.29. The molecule has 18 heavy (non-hydrogen) atoms. The lowest BCUT2D eigenvalue weighted by molar-refractivity contribution is 0.410. The van der Waals surface area contributed by atoms with Gasteiger partial charge in [-0.3, -0.25) is 0 Å². The molecule has 2 N–H and O–H groups in total. The molecule has 1 aliphatic heterocycles. The molecule has 1 aromatic heterocycles. The van der Waals surface area contributed by atoms with Crippen molar-refractivity contribution in [3.05, 3.63) is 17.8 Å². The third-order valence-electron chi connectivity index (χ3n) is 3.40. The van der Waals surface area contributed by atoms with E-state index in [9.17, 15) is 0 Å². The molecule has 2 heterocycles. The first-order valence-corrected chi connectivity index (χ1v) is 6.70. The van der Waals surface area contributed by atoms with Gasteiger partial charge in [0.25, 0.3) is 0 Å². The van der Waals surface area contributed by atoms with Gasteiger partial charge in [-0.15, -0.1) is 5.10 Å². The molecule has 5 heteroatoms. The van der Waals surface area contributed by atoms with Crippen molar-refractivity contribution in [3.8, 4) is 0 Å². The molecule has 0 spiro atoms. The minimum atomic E-state index is 0.556. The molecule has 100 valence electrons. The highest BCUT2D eigenvalue weighted by Crippen LogP contribution is 2.24. The van der Waals surface area contributed by atoms with Gasteiger partial charge >= 0.3 is 0 Å². The zero-order valence-corrected chi connectivity index (χ0v) is 11.3. The molecular formula is C13H23N5. The Morgan fingerprint density at radius 2 is 2.22 bits per heavy atom. The van der Waals surface area contributed by atoms with Crippen LogP contribution in [0.2, 0.25) is 0 Å². The van der Waals surface area contributed by atoms with Crippen LogP contribution in [0.25, 0.3) is 0 Å². The van der Waals surface area contributed by atoms with Gasteiger partial charge in [0.2, 0.25) is 0 Å². The highest BCUT2D eigenvalue weighted by atomic mass is 15.2. The van der Waals surface area contributed by atoms with E-state index in [2.05, 4.69) is 38.8 Å². The van der Waals surface area contributed by atoms with Crippen LogP contribution in [-0.4, -0.2) is 55.4 Å². The smallest absolute Gasteiger partial charge is 0.148 e. The van der Waals surface area contributed by atoms with E-state index in [0.717, 1.165) is 44.1 Å². The second-order valence-electron chi connectivity index (χ2n) is 4.98. The van der Waals surface area contributed by atoms with Crippen LogP contribution in [0.3, 0.4) is 0 Å². The van der Waals surface area contributed by atoms with Crippen molar-refractivity contribution < 1.29 is 0 Å². The van der Waals surface area contributed by atoms with Crippen LogP contribution in [0.15, 0.2) is 12.1 Å². The lowest BCUT2D eigenvalue weighted by Crippen LogP contribution is -2.15. The number of hydrogen-bond acceptors (Lipinski definition) is 5. The predicted molar refractivity (Wildman–Crippen MR) is 73.9 cm³/mol. The number of likely N-dealkylation sites (tertiary alicyclic amines) is 1. The van der Waals surface area contributed by atoms with E-state index < -0.39 is 0 Å². The highest BCUT2D eigenvalue weighted by Gasteiger charge is 2.22. The maximum atomic E-state index is 4.34. The Morgan fingerprint density at radius 3 is 2.83 bits per heavy atom. The Labute approximate surface area is 109 Å². The minimum Gasteiger partial charge on any atom is -0.369 e. The van der Waals surface area contributed by atoms with Crippen molar-refractivity contribution in [1.29, 1.82) is 0 Å². The predicted octanol–water partition coefficient (Wildman–Crippen LogP) is 0.917. The molecule has 2 rings (SSSR count). The summed E-state index contributed by atoms with van der Waals surface area (Å²) in [6, 6.07) is 4.15. The third kappa shape index (κ3) is 3.65. The molecule has 1 saturated heterocycles. The second-order valence-corrected chi connectivity index (χ2v) is 4.98. The Balaban J connectivity index is 1.82. The summed E-state index contributed by atoms with van der Waals surface area (Å²) >= 11 is 0. The first-order valence-electron chi connectivity index (χ1n) is 6.70. The van der Waals surface area contributed by atoms with E-state index in [-0.39, 0.29) is 0 Å². The van der Waals surface area contributed by atoms with Gasteiger partial charge in [0.1, 0.15) is 5.82 Å². The fourth-order valence-electron chi connectivity index (χ4n) is 2.31. The van der Waals surface area contributed by atoms with Gasteiger partial charge in [0.15, 0.2) is 0 Å². The second kappa shape index (κ2) is 6.66. The van der Waals surface area contributed by atoms with Crippen LogP contribution in [0.4, 0.5) is 5.82 Å². The van der Waals surface area contributed by atoms with Gasteiger partial charge in [-0.1, -0.05) is 0 Å². The first kappa shape index (κ1) is 13.2. The van der Waals surface area contributed by atoms with Crippen LogP contribution in [0.5, 0.6) is 0 Å². The summed E-state index contributed by atoms with van der Waals surface area (Å²) in [6.45, 7) is 4.22. The molecule has 1 aliphatic rings. The number of likely N-dealkylation sites (N-methyl/N-ethyl adjacent to an activating group) is 1. The Hall–Kier alpha value is -1.20. The number of nitrogens with one attached hydrogen (secondary N) is 2. The maximum absolute atomic E-state index is 4.34. The normalized spacial score (nSPS) is 20.2. The Bertz CT molecular complexity index is 351. The van der Waals surface area contributed by atoms with Crippen molar-refractivity contribution in [2.45, 2.75) is 18.8 Å². The quantitative estimate of drug-likeness (QED) is 0.734. The van der Waals surface area contributed by atoms with Crippen LogP contribution >= 0.6 is 0 Å². The molecule has 1 atom stereocenters.